The number of anilines is 8. The van der Waals surface area contributed by atoms with Crippen molar-refractivity contribution in [2.45, 2.75) is 129 Å². The van der Waals surface area contributed by atoms with E-state index in [1.54, 1.807) is 0 Å². The average molecular weight is 957 g/mol. The van der Waals surface area contributed by atoms with E-state index in [1.165, 1.54) is 110 Å². The van der Waals surface area contributed by atoms with Crippen molar-refractivity contribution in [2.75, 3.05) is 19.6 Å². The summed E-state index contributed by atoms with van der Waals surface area (Å²) in [6.45, 7) is 13.8. The molecule has 5 atom stereocenters. The number of para-hydroxylation sites is 4. The number of unbranched alkanes of at least 4 members (excludes halogenated alkanes) is 1. The molecule has 1 aliphatic carbocycles. The summed E-state index contributed by atoms with van der Waals surface area (Å²) in [6, 6.07) is 61.4. The second kappa shape index (κ2) is 17.5. The molecule has 5 aliphatic rings. The van der Waals surface area contributed by atoms with E-state index >= 15 is 0 Å². The summed E-state index contributed by atoms with van der Waals surface area (Å²) in [5, 5.41) is 0. The van der Waals surface area contributed by atoms with Gasteiger partial charge in [-0.2, -0.15) is 0 Å². The van der Waals surface area contributed by atoms with Gasteiger partial charge in [0.15, 0.2) is 11.6 Å². The summed E-state index contributed by atoms with van der Waals surface area (Å²) < 4.78 is 0. The number of fused-ring (bicyclic) bond motifs is 13. The van der Waals surface area contributed by atoms with Gasteiger partial charge in [-0.3, -0.25) is 0 Å². The van der Waals surface area contributed by atoms with E-state index in [-0.39, 0.29) is 28.6 Å². The standard InChI is InChI=1S/C67H68N6/c1-7-65(40-37-59-70(50-27-11-9-12-28-50)58-43-49(60-45(3)23-21-24-46(60)4)44-68-62(58)72(59)55-33-17-15-31-52(55)65)38-19-20-39-67-42-41-66(67,8-2)53-32-16-18-34-56(53)73-63-57(71(64(67)73)51-29-13-10-14-30-51)36-35-54(69-63)61-47(5)25-22-26-48(61)6/h9-18,21-36,43-44,59,64H,7-8,19-20,37-42H2,1-6H3. The maximum atomic E-state index is 5.74. The Bertz CT molecular complexity index is 3360. The lowest BCUT2D eigenvalue weighted by Crippen LogP contribution is -2.69. The van der Waals surface area contributed by atoms with Gasteiger partial charge in [0.1, 0.15) is 12.3 Å². The zero-order valence-corrected chi connectivity index (χ0v) is 43.6. The minimum absolute atomic E-state index is 0.0100. The number of rotatable bonds is 11. The molecule has 2 aromatic heterocycles. The van der Waals surface area contributed by atoms with E-state index in [9.17, 15) is 0 Å². The zero-order valence-electron chi connectivity index (χ0n) is 43.6. The molecule has 6 heterocycles. The fourth-order valence-corrected chi connectivity index (χ4v) is 15.4. The van der Waals surface area contributed by atoms with Crippen molar-refractivity contribution in [3.05, 3.63) is 203 Å². The van der Waals surface area contributed by atoms with Crippen LogP contribution in [0.15, 0.2) is 170 Å². The van der Waals surface area contributed by atoms with Gasteiger partial charge >= 0.3 is 0 Å². The first-order valence-corrected chi connectivity index (χ1v) is 27.3. The molecule has 0 radical (unpaired) electrons. The third kappa shape index (κ3) is 6.67. The first-order valence-electron chi connectivity index (χ1n) is 27.3. The molecule has 0 N–H and O–H groups in total. The van der Waals surface area contributed by atoms with Crippen LogP contribution in [-0.4, -0.2) is 22.3 Å². The highest BCUT2D eigenvalue weighted by atomic mass is 15.5. The van der Waals surface area contributed by atoms with E-state index in [1.807, 2.05) is 0 Å². The molecule has 73 heavy (non-hydrogen) atoms. The van der Waals surface area contributed by atoms with Gasteiger partial charge in [-0.1, -0.05) is 136 Å². The van der Waals surface area contributed by atoms with Crippen LogP contribution < -0.4 is 19.6 Å². The molecular formula is C67H68N6. The lowest BCUT2D eigenvalue weighted by molar-refractivity contribution is -0.0517. The summed E-state index contributed by atoms with van der Waals surface area (Å²) in [5.74, 6) is 2.14. The summed E-state index contributed by atoms with van der Waals surface area (Å²) in [6.07, 6.45) is 13.8. The smallest absolute Gasteiger partial charge is 0.159 e. The van der Waals surface area contributed by atoms with Crippen molar-refractivity contribution < 1.29 is 0 Å². The van der Waals surface area contributed by atoms with E-state index in [2.05, 4.69) is 231 Å². The Balaban J connectivity index is 0.868. The van der Waals surface area contributed by atoms with Crippen LogP contribution in [0.1, 0.15) is 111 Å². The first-order chi connectivity index (χ1) is 35.7. The summed E-state index contributed by atoms with van der Waals surface area (Å²) in [5.41, 5.74) is 20.5. The molecule has 366 valence electrons. The molecule has 8 aromatic rings. The molecule has 1 fully saturated rings. The molecule has 4 aliphatic heterocycles. The van der Waals surface area contributed by atoms with Crippen LogP contribution >= 0.6 is 0 Å². The lowest BCUT2D eigenvalue weighted by Gasteiger charge is -2.68. The minimum atomic E-state index is 0.0100. The summed E-state index contributed by atoms with van der Waals surface area (Å²) in [7, 11) is 0. The van der Waals surface area contributed by atoms with Crippen LogP contribution in [0, 0.1) is 33.1 Å². The molecule has 0 bridgehead atoms. The van der Waals surface area contributed by atoms with E-state index < -0.39 is 0 Å². The van der Waals surface area contributed by atoms with Gasteiger partial charge in [-0.05, 0) is 178 Å². The summed E-state index contributed by atoms with van der Waals surface area (Å²) in [4.78, 5) is 21.8. The van der Waals surface area contributed by atoms with Crippen molar-refractivity contribution in [1.82, 2.24) is 9.97 Å². The van der Waals surface area contributed by atoms with Crippen molar-refractivity contribution in [2.24, 2.45) is 5.41 Å². The number of aryl methyl sites for hydroxylation is 4. The fraction of sp³-hybridized carbons (Fsp3) is 0.313. The van der Waals surface area contributed by atoms with Crippen LogP contribution in [-0.2, 0) is 10.8 Å². The van der Waals surface area contributed by atoms with Crippen LogP contribution in [0.5, 0.6) is 0 Å². The summed E-state index contributed by atoms with van der Waals surface area (Å²) >= 11 is 0. The van der Waals surface area contributed by atoms with Gasteiger partial charge in [-0.15, -0.1) is 0 Å². The maximum absolute atomic E-state index is 5.74. The predicted octanol–water partition coefficient (Wildman–Crippen LogP) is 17.4. The minimum Gasteiger partial charge on any atom is -0.317 e. The second-order valence-electron chi connectivity index (χ2n) is 22.2. The predicted molar refractivity (Wildman–Crippen MR) is 304 cm³/mol. The molecule has 0 amide bonds. The van der Waals surface area contributed by atoms with E-state index in [0.717, 1.165) is 55.9 Å². The normalized spacial score (nSPS) is 23.1. The third-order valence-corrected chi connectivity index (χ3v) is 18.9. The van der Waals surface area contributed by atoms with Crippen molar-refractivity contribution in [1.29, 1.82) is 0 Å². The van der Waals surface area contributed by atoms with Crippen LogP contribution in [0.2, 0.25) is 0 Å². The monoisotopic (exact) mass is 957 g/mol. The van der Waals surface area contributed by atoms with Crippen molar-refractivity contribution in [3.8, 4) is 22.4 Å². The fourth-order valence-electron chi connectivity index (χ4n) is 15.4. The Labute approximate surface area is 433 Å². The van der Waals surface area contributed by atoms with Crippen molar-refractivity contribution >= 4 is 45.8 Å². The largest absolute Gasteiger partial charge is 0.317 e. The molecule has 6 aromatic carbocycles. The molecule has 13 rings (SSSR count). The lowest BCUT2D eigenvalue weighted by atomic mass is 9.41. The van der Waals surface area contributed by atoms with Crippen molar-refractivity contribution in [3.63, 3.8) is 0 Å². The van der Waals surface area contributed by atoms with Crippen LogP contribution in [0.3, 0.4) is 0 Å². The van der Waals surface area contributed by atoms with Gasteiger partial charge in [0, 0.05) is 50.9 Å². The third-order valence-electron chi connectivity index (χ3n) is 18.9. The first kappa shape index (κ1) is 45.7. The SMILES string of the molecule is CCC1(CCCCC23CCC2(CC)c2ccccc2N2c4nc(-c5c(C)cccc5C)ccc4N(c4ccccc4)C23)CCC2N(c3ccccc3)c3cc(-c4c(C)cccc4C)cnc3N2c2ccccc21. The Morgan fingerprint density at radius 1 is 0.493 bits per heavy atom. The molecule has 0 saturated heterocycles. The second-order valence-corrected chi connectivity index (χ2v) is 22.2. The van der Waals surface area contributed by atoms with Crippen LogP contribution in [0.4, 0.5) is 45.8 Å². The topological polar surface area (TPSA) is 38.7 Å². The number of pyridine rings is 2. The zero-order chi connectivity index (χ0) is 49.6. The average Bonchev–Trinajstić information content (AvgIpc) is 3.88. The van der Waals surface area contributed by atoms with E-state index in [4.69, 9.17) is 9.97 Å². The Hall–Kier alpha value is -7.18. The van der Waals surface area contributed by atoms with Gasteiger partial charge < -0.3 is 19.6 Å². The highest BCUT2D eigenvalue weighted by Gasteiger charge is 2.69. The molecule has 5 unspecified atom stereocenters. The number of hydrogen-bond acceptors (Lipinski definition) is 6. The van der Waals surface area contributed by atoms with Crippen LogP contribution in [0.25, 0.3) is 22.4 Å². The Morgan fingerprint density at radius 2 is 1.10 bits per heavy atom. The number of hydrogen-bond donors (Lipinski definition) is 0. The Morgan fingerprint density at radius 3 is 1.74 bits per heavy atom. The quantitative estimate of drug-likeness (QED) is 0.120. The van der Waals surface area contributed by atoms with E-state index in [0.29, 0.717) is 0 Å². The van der Waals surface area contributed by atoms with Gasteiger partial charge in [-0.25, -0.2) is 9.97 Å². The Kier molecular flexibility index (Phi) is 10.9. The molecule has 6 heteroatoms. The number of nitrogens with zero attached hydrogens (tertiary/aromatic N) is 6. The molecule has 1 saturated carbocycles. The highest BCUT2D eigenvalue weighted by molar-refractivity contribution is 5.92. The molecular weight excluding hydrogens is 889 g/mol. The highest BCUT2D eigenvalue weighted by Crippen LogP contribution is 2.73. The number of benzene rings is 6. The molecule has 6 nitrogen and oxygen atoms in total. The molecule has 0 spiro atoms. The number of aromatic nitrogens is 2. The van der Waals surface area contributed by atoms with Gasteiger partial charge in [0.25, 0.3) is 0 Å². The maximum Gasteiger partial charge on any atom is 0.159 e. The van der Waals surface area contributed by atoms with Gasteiger partial charge in [0.2, 0.25) is 0 Å². The van der Waals surface area contributed by atoms with Gasteiger partial charge in [0.05, 0.1) is 17.1 Å².